The molecule has 3 aromatic carbocycles. The molecule has 0 saturated heterocycles. The van der Waals surface area contributed by atoms with Gasteiger partial charge in [-0.15, -0.1) is 0 Å². The van der Waals surface area contributed by atoms with Crippen molar-refractivity contribution < 1.29 is 18.6 Å². The number of benzene rings is 3. The van der Waals surface area contributed by atoms with E-state index in [4.69, 9.17) is 19.9 Å². The summed E-state index contributed by atoms with van der Waals surface area (Å²) >= 11 is 0. The van der Waals surface area contributed by atoms with E-state index < -0.39 is 0 Å². The van der Waals surface area contributed by atoms with E-state index in [1.165, 1.54) is 16.8 Å². The minimum absolute atomic E-state index is 0.293. The van der Waals surface area contributed by atoms with Crippen molar-refractivity contribution in [1.82, 2.24) is 9.66 Å². The summed E-state index contributed by atoms with van der Waals surface area (Å²) in [4.78, 5) is 4.37. The Labute approximate surface area is 197 Å². The molecule has 0 spiro atoms. The number of nitrogens with zero attached hydrogens (tertiary/aromatic N) is 3. The molecule has 0 fully saturated rings. The quantitative estimate of drug-likeness (QED) is 0.266. The monoisotopic (exact) mass is 460 g/mol. The Balaban J connectivity index is 1.40. The van der Waals surface area contributed by atoms with E-state index in [0.29, 0.717) is 43.0 Å². The summed E-state index contributed by atoms with van der Waals surface area (Å²) in [6.07, 6.45) is 3.46. The number of halogens is 1. The van der Waals surface area contributed by atoms with Gasteiger partial charge >= 0.3 is 0 Å². The van der Waals surface area contributed by atoms with Gasteiger partial charge in [-0.05, 0) is 55.0 Å². The van der Waals surface area contributed by atoms with E-state index in [0.717, 1.165) is 16.8 Å². The van der Waals surface area contributed by atoms with E-state index in [1.54, 1.807) is 24.5 Å². The summed E-state index contributed by atoms with van der Waals surface area (Å²) in [6, 6.07) is 21.1. The molecule has 7 nitrogen and oxygen atoms in total. The second kappa shape index (κ2) is 11.0. The van der Waals surface area contributed by atoms with Crippen molar-refractivity contribution in [2.45, 2.75) is 6.92 Å². The van der Waals surface area contributed by atoms with Crippen molar-refractivity contribution in [3.8, 4) is 28.5 Å². The van der Waals surface area contributed by atoms with Crippen LogP contribution in [0.4, 0.5) is 10.3 Å². The maximum atomic E-state index is 13.0. The Kier molecular flexibility index (Phi) is 7.39. The van der Waals surface area contributed by atoms with Gasteiger partial charge in [-0.25, -0.2) is 14.1 Å². The van der Waals surface area contributed by atoms with Crippen LogP contribution in [-0.4, -0.2) is 35.7 Å². The fraction of sp³-hybridized carbons (Fsp3) is 0.154. The number of rotatable bonds is 10. The molecule has 0 aliphatic heterocycles. The predicted molar refractivity (Wildman–Crippen MR) is 130 cm³/mol. The highest BCUT2D eigenvalue weighted by atomic mass is 19.1. The van der Waals surface area contributed by atoms with Crippen LogP contribution in [0.25, 0.3) is 11.3 Å². The molecule has 174 valence electrons. The minimum Gasteiger partial charge on any atom is -0.490 e. The highest BCUT2D eigenvalue weighted by Gasteiger charge is 2.08. The lowest BCUT2D eigenvalue weighted by atomic mass is 10.2. The van der Waals surface area contributed by atoms with Crippen LogP contribution in [0.2, 0.25) is 0 Å². The Hall–Kier alpha value is -4.33. The van der Waals surface area contributed by atoms with Crippen LogP contribution >= 0.6 is 0 Å². The molecule has 0 saturated carbocycles. The fourth-order valence-corrected chi connectivity index (χ4v) is 3.19. The summed E-state index contributed by atoms with van der Waals surface area (Å²) < 4.78 is 31.6. The average Bonchev–Trinajstić information content (AvgIpc) is 3.24. The lowest BCUT2D eigenvalue weighted by Crippen LogP contribution is -2.10. The standard InChI is InChI=1S/C26H25FN4O3/c1-2-32-25-16-19(8-13-24(25)34-15-14-33-22-11-9-21(27)10-12-22)17-29-31-18-23(30-26(31)28)20-6-4-3-5-7-20/h3-13,16-18H,2,14-15H2,1H3,(H2,28,30)/b29-17+. The number of anilines is 1. The molecule has 4 aromatic rings. The van der Waals surface area contributed by atoms with Gasteiger partial charge in [-0.1, -0.05) is 30.3 Å². The van der Waals surface area contributed by atoms with Gasteiger partial charge in [-0.3, -0.25) is 0 Å². The molecule has 0 unspecified atom stereocenters. The van der Waals surface area contributed by atoms with Crippen LogP contribution in [0.15, 0.2) is 84.1 Å². The highest BCUT2D eigenvalue weighted by molar-refractivity contribution is 5.81. The zero-order valence-electron chi connectivity index (χ0n) is 18.7. The first-order chi connectivity index (χ1) is 16.6. The van der Waals surface area contributed by atoms with Crippen LogP contribution in [0.3, 0.4) is 0 Å². The number of hydrogen-bond acceptors (Lipinski definition) is 6. The summed E-state index contributed by atoms with van der Waals surface area (Å²) in [5, 5.41) is 4.43. The van der Waals surface area contributed by atoms with Crippen molar-refractivity contribution in [3.05, 3.63) is 90.4 Å². The van der Waals surface area contributed by atoms with Crippen molar-refractivity contribution in [1.29, 1.82) is 0 Å². The SMILES string of the molecule is CCOc1cc(/C=N/n2cc(-c3ccccc3)nc2N)ccc1OCCOc1ccc(F)cc1. The smallest absolute Gasteiger partial charge is 0.221 e. The molecule has 1 heterocycles. The van der Waals surface area contributed by atoms with E-state index >= 15 is 0 Å². The van der Waals surface area contributed by atoms with Gasteiger partial charge in [0.05, 0.1) is 24.7 Å². The molecule has 0 radical (unpaired) electrons. The van der Waals surface area contributed by atoms with Gasteiger partial charge in [0.25, 0.3) is 0 Å². The molecule has 8 heteroatoms. The van der Waals surface area contributed by atoms with Gasteiger partial charge in [0.2, 0.25) is 5.95 Å². The first-order valence-electron chi connectivity index (χ1n) is 10.8. The third kappa shape index (κ3) is 5.92. The van der Waals surface area contributed by atoms with Crippen molar-refractivity contribution >= 4 is 12.2 Å². The highest BCUT2D eigenvalue weighted by Crippen LogP contribution is 2.28. The largest absolute Gasteiger partial charge is 0.490 e. The van der Waals surface area contributed by atoms with E-state index in [1.807, 2.05) is 55.5 Å². The normalized spacial score (nSPS) is 11.0. The molecule has 0 amide bonds. The van der Waals surface area contributed by atoms with Crippen molar-refractivity contribution in [3.63, 3.8) is 0 Å². The van der Waals surface area contributed by atoms with Gasteiger partial charge in [0, 0.05) is 5.56 Å². The molecule has 34 heavy (non-hydrogen) atoms. The minimum atomic E-state index is -0.305. The average molecular weight is 461 g/mol. The van der Waals surface area contributed by atoms with Gasteiger partial charge in [0.15, 0.2) is 11.5 Å². The fourth-order valence-electron chi connectivity index (χ4n) is 3.19. The molecule has 0 atom stereocenters. The molecule has 1 aromatic heterocycles. The lowest BCUT2D eigenvalue weighted by Gasteiger charge is -2.13. The third-order valence-electron chi connectivity index (χ3n) is 4.81. The van der Waals surface area contributed by atoms with Gasteiger partial charge in [-0.2, -0.15) is 5.10 Å². The molecule has 0 aliphatic rings. The molecule has 2 N–H and O–H groups in total. The van der Waals surface area contributed by atoms with Gasteiger partial charge in [0.1, 0.15) is 24.8 Å². The number of aromatic nitrogens is 2. The van der Waals surface area contributed by atoms with Crippen LogP contribution in [0.1, 0.15) is 12.5 Å². The number of nitrogen functional groups attached to an aromatic ring is 1. The summed E-state index contributed by atoms with van der Waals surface area (Å²) in [5.74, 6) is 1.75. The van der Waals surface area contributed by atoms with Crippen LogP contribution in [0.5, 0.6) is 17.2 Å². The topological polar surface area (TPSA) is 83.9 Å². The Morgan fingerprint density at radius 3 is 2.47 bits per heavy atom. The molecular formula is C26H25FN4O3. The predicted octanol–water partition coefficient (Wildman–Crippen LogP) is 5.01. The van der Waals surface area contributed by atoms with E-state index in [2.05, 4.69) is 10.1 Å². The first-order valence-corrected chi connectivity index (χ1v) is 10.8. The van der Waals surface area contributed by atoms with E-state index in [-0.39, 0.29) is 5.82 Å². The van der Waals surface area contributed by atoms with Crippen molar-refractivity contribution in [2.24, 2.45) is 5.10 Å². The van der Waals surface area contributed by atoms with E-state index in [9.17, 15) is 4.39 Å². The maximum Gasteiger partial charge on any atom is 0.221 e. The number of imidazole rings is 1. The number of hydrogen-bond donors (Lipinski definition) is 1. The second-order valence-electron chi connectivity index (χ2n) is 7.23. The third-order valence-corrected chi connectivity index (χ3v) is 4.81. The van der Waals surface area contributed by atoms with Crippen LogP contribution in [-0.2, 0) is 0 Å². The summed E-state index contributed by atoms with van der Waals surface area (Å²) in [6.45, 7) is 3.00. The number of ether oxygens (including phenoxy) is 3. The molecule has 4 rings (SSSR count). The number of nitrogens with two attached hydrogens (primary N) is 1. The Morgan fingerprint density at radius 1 is 0.941 bits per heavy atom. The Bertz CT molecular complexity index is 1240. The summed E-state index contributed by atoms with van der Waals surface area (Å²) in [5.41, 5.74) is 8.55. The Morgan fingerprint density at radius 2 is 1.71 bits per heavy atom. The lowest BCUT2D eigenvalue weighted by molar-refractivity contribution is 0.208. The molecular weight excluding hydrogens is 435 g/mol. The van der Waals surface area contributed by atoms with Crippen LogP contribution < -0.4 is 19.9 Å². The van der Waals surface area contributed by atoms with Crippen LogP contribution in [0, 0.1) is 5.82 Å². The second-order valence-corrected chi connectivity index (χ2v) is 7.23. The molecule has 0 aliphatic carbocycles. The molecule has 0 bridgehead atoms. The first kappa shape index (κ1) is 22.8. The van der Waals surface area contributed by atoms with Gasteiger partial charge < -0.3 is 19.9 Å². The summed E-state index contributed by atoms with van der Waals surface area (Å²) in [7, 11) is 0. The maximum absolute atomic E-state index is 13.0. The zero-order chi connectivity index (χ0) is 23.8. The van der Waals surface area contributed by atoms with Crippen molar-refractivity contribution in [2.75, 3.05) is 25.6 Å². The zero-order valence-corrected chi connectivity index (χ0v) is 18.7.